The summed E-state index contributed by atoms with van der Waals surface area (Å²) in [4.78, 5) is 40.9. The van der Waals surface area contributed by atoms with E-state index in [-0.39, 0.29) is 37.1 Å². The molecule has 0 aliphatic carbocycles. The summed E-state index contributed by atoms with van der Waals surface area (Å²) in [5.74, 6) is -1.36. The van der Waals surface area contributed by atoms with Crippen LogP contribution in [0.1, 0.15) is 42.9 Å². The molecule has 198 valence electrons. The SMILES string of the molecule is O=C(O)CCCC(=O)N1N=C(c2c(-c3ccccc3)c3cc(Cl)ccc3[nH]c2=O)C[C@@H]1c1ccc(Cl)cc1Cl. The van der Waals surface area contributed by atoms with Crippen molar-refractivity contribution in [3.63, 3.8) is 0 Å². The Morgan fingerprint density at radius 1 is 0.949 bits per heavy atom. The first-order valence-corrected chi connectivity index (χ1v) is 13.3. The monoisotopic (exact) mass is 581 g/mol. The molecule has 1 aliphatic rings. The molecule has 39 heavy (non-hydrogen) atoms. The number of hydrogen-bond acceptors (Lipinski definition) is 4. The summed E-state index contributed by atoms with van der Waals surface area (Å²) in [6, 6.07) is 19.1. The van der Waals surface area contributed by atoms with Crippen molar-refractivity contribution in [3.05, 3.63) is 103 Å². The minimum atomic E-state index is -0.987. The third kappa shape index (κ3) is 5.57. The number of aromatic amines is 1. The van der Waals surface area contributed by atoms with Crippen LogP contribution in [0, 0.1) is 0 Å². The average molecular weight is 583 g/mol. The zero-order valence-corrected chi connectivity index (χ0v) is 22.7. The highest BCUT2D eigenvalue weighted by molar-refractivity contribution is 6.35. The van der Waals surface area contributed by atoms with Crippen molar-refractivity contribution < 1.29 is 14.7 Å². The number of rotatable bonds is 7. The number of nitrogens with zero attached hydrogens (tertiary/aromatic N) is 2. The van der Waals surface area contributed by atoms with E-state index in [0.29, 0.717) is 43.0 Å². The Kier molecular flexibility index (Phi) is 7.75. The van der Waals surface area contributed by atoms with Crippen LogP contribution in [0.2, 0.25) is 15.1 Å². The summed E-state index contributed by atoms with van der Waals surface area (Å²) in [6.07, 6.45) is 0.188. The molecule has 0 bridgehead atoms. The van der Waals surface area contributed by atoms with E-state index in [1.54, 1.807) is 36.4 Å². The second-order valence-electron chi connectivity index (χ2n) is 9.18. The van der Waals surface area contributed by atoms with Crippen LogP contribution in [0.4, 0.5) is 0 Å². The number of carboxylic acid groups (broad SMARTS) is 1. The van der Waals surface area contributed by atoms with Gasteiger partial charge in [-0.25, -0.2) is 5.01 Å². The number of carboxylic acids is 1. The summed E-state index contributed by atoms with van der Waals surface area (Å²) in [5, 5.41) is 17.0. The predicted molar refractivity (Wildman–Crippen MR) is 154 cm³/mol. The molecule has 0 unspecified atom stereocenters. The molecule has 5 rings (SSSR count). The molecular weight excluding hydrogens is 561 g/mol. The van der Waals surface area contributed by atoms with Crippen molar-refractivity contribution in [2.45, 2.75) is 31.7 Å². The van der Waals surface area contributed by atoms with Gasteiger partial charge in [-0.15, -0.1) is 0 Å². The van der Waals surface area contributed by atoms with Crippen LogP contribution in [0.3, 0.4) is 0 Å². The van der Waals surface area contributed by atoms with Crippen LogP contribution in [-0.4, -0.2) is 32.7 Å². The van der Waals surface area contributed by atoms with Crippen LogP contribution >= 0.6 is 34.8 Å². The molecule has 1 amide bonds. The molecule has 4 aromatic rings. The normalized spacial score (nSPS) is 15.0. The third-order valence-corrected chi connectivity index (χ3v) is 7.39. The fraction of sp³-hybridized carbons (Fsp3) is 0.172. The van der Waals surface area contributed by atoms with Crippen molar-refractivity contribution in [2.75, 3.05) is 0 Å². The largest absolute Gasteiger partial charge is 0.481 e. The minimum Gasteiger partial charge on any atom is -0.481 e. The van der Waals surface area contributed by atoms with Gasteiger partial charge in [-0.1, -0.05) is 71.2 Å². The number of aromatic nitrogens is 1. The van der Waals surface area contributed by atoms with Crippen LogP contribution in [-0.2, 0) is 9.59 Å². The Morgan fingerprint density at radius 2 is 1.67 bits per heavy atom. The van der Waals surface area contributed by atoms with Gasteiger partial charge in [0.1, 0.15) is 0 Å². The standard InChI is InChI=1S/C29H22Cl3N3O4/c30-17-10-12-22-20(13-17)27(16-5-2-1-3-6-16)28(29(39)33-22)23-15-24(19-11-9-18(31)14-21(19)32)35(34-23)25(36)7-4-8-26(37)38/h1-3,5-6,9-14,24H,4,7-8,15H2,(H,33,39)(H,37,38)/t24-/m1/s1. The Labute approximate surface area is 238 Å². The number of nitrogens with one attached hydrogen (secondary N) is 1. The Morgan fingerprint density at radius 3 is 2.38 bits per heavy atom. The first kappa shape index (κ1) is 26.9. The van der Waals surface area contributed by atoms with Crippen molar-refractivity contribution in [3.8, 4) is 11.1 Å². The minimum absolute atomic E-state index is 0.0278. The number of H-pyrrole nitrogens is 1. The molecule has 0 fully saturated rings. The molecule has 0 saturated carbocycles. The van der Waals surface area contributed by atoms with Gasteiger partial charge in [-0.05, 0) is 47.9 Å². The molecule has 0 saturated heterocycles. The van der Waals surface area contributed by atoms with E-state index in [2.05, 4.69) is 10.1 Å². The van der Waals surface area contributed by atoms with Crippen molar-refractivity contribution in [1.29, 1.82) is 0 Å². The van der Waals surface area contributed by atoms with Gasteiger partial charge >= 0.3 is 5.97 Å². The summed E-state index contributed by atoms with van der Waals surface area (Å²) >= 11 is 19.0. The molecule has 1 atom stereocenters. The topological polar surface area (TPSA) is 103 Å². The highest BCUT2D eigenvalue weighted by atomic mass is 35.5. The van der Waals surface area contributed by atoms with Gasteiger partial charge in [0.15, 0.2) is 0 Å². The molecule has 0 radical (unpaired) electrons. The number of carbonyl (C=O) groups excluding carboxylic acids is 1. The van der Waals surface area contributed by atoms with E-state index in [1.807, 2.05) is 30.3 Å². The lowest BCUT2D eigenvalue weighted by molar-refractivity contribution is -0.137. The van der Waals surface area contributed by atoms with Gasteiger partial charge in [0.05, 0.1) is 17.3 Å². The number of fused-ring (bicyclic) bond motifs is 1. The Bertz CT molecular complexity index is 1690. The smallest absolute Gasteiger partial charge is 0.303 e. The summed E-state index contributed by atoms with van der Waals surface area (Å²) in [6.45, 7) is 0. The number of carbonyl (C=O) groups is 2. The number of halogens is 3. The summed E-state index contributed by atoms with van der Waals surface area (Å²) in [7, 11) is 0. The van der Waals surface area contributed by atoms with E-state index in [4.69, 9.17) is 39.9 Å². The molecule has 2 N–H and O–H groups in total. The average Bonchev–Trinajstić information content (AvgIpc) is 3.33. The molecular formula is C29H22Cl3N3O4. The van der Waals surface area contributed by atoms with E-state index >= 15 is 0 Å². The molecule has 1 aromatic heterocycles. The number of hydrazone groups is 1. The number of aliphatic carboxylic acids is 1. The van der Waals surface area contributed by atoms with Gasteiger partial charge in [0, 0.05) is 50.8 Å². The Hall–Kier alpha value is -3.65. The second kappa shape index (κ2) is 11.2. The maximum atomic E-state index is 13.6. The lowest BCUT2D eigenvalue weighted by Crippen LogP contribution is -2.27. The van der Waals surface area contributed by atoms with Crippen molar-refractivity contribution in [1.82, 2.24) is 9.99 Å². The Balaban J connectivity index is 1.68. The van der Waals surface area contributed by atoms with E-state index in [0.717, 1.165) is 10.9 Å². The number of benzene rings is 3. The van der Waals surface area contributed by atoms with Crippen LogP contribution < -0.4 is 5.56 Å². The quantitative estimate of drug-likeness (QED) is 0.243. The van der Waals surface area contributed by atoms with Crippen molar-refractivity contribution >= 4 is 63.3 Å². The molecule has 3 aromatic carbocycles. The van der Waals surface area contributed by atoms with Crippen LogP contribution in [0.25, 0.3) is 22.0 Å². The maximum Gasteiger partial charge on any atom is 0.303 e. The number of hydrogen-bond donors (Lipinski definition) is 2. The van der Waals surface area contributed by atoms with Crippen molar-refractivity contribution in [2.24, 2.45) is 5.10 Å². The van der Waals surface area contributed by atoms with Gasteiger partial charge in [0.25, 0.3) is 5.56 Å². The zero-order chi connectivity index (χ0) is 27.7. The third-order valence-electron chi connectivity index (χ3n) is 6.60. The molecule has 1 aliphatic heterocycles. The molecule has 0 spiro atoms. The first-order chi connectivity index (χ1) is 18.7. The molecule has 7 nitrogen and oxygen atoms in total. The summed E-state index contributed by atoms with van der Waals surface area (Å²) < 4.78 is 0. The zero-order valence-electron chi connectivity index (χ0n) is 20.5. The highest BCUT2D eigenvalue weighted by Crippen LogP contribution is 2.40. The maximum absolute atomic E-state index is 13.6. The van der Waals surface area contributed by atoms with Gasteiger partial charge in [0.2, 0.25) is 5.91 Å². The fourth-order valence-corrected chi connectivity index (χ4v) is 5.56. The van der Waals surface area contributed by atoms with Crippen LogP contribution in [0.15, 0.2) is 76.6 Å². The number of pyridine rings is 1. The second-order valence-corrected chi connectivity index (χ2v) is 10.5. The van der Waals surface area contributed by atoms with E-state index in [1.165, 1.54) is 5.01 Å². The van der Waals surface area contributed by atoms with E-state index in [9.17, 15) is 14.4 Å². The fourth-order valence-electron chi connectivity index (χ4n) is 4.86. The number of amides is 1. The van der Waals surface area contributed by atoms with Gasteiger partial charge in [-0.2, -0.15) is 5.10 Å². The lowest BCUT2D eigenvalue weighted by Gasteiger charge is -2.23. The van der Waals surface area contributed by atoms with Gasteiger partial charge < -0.3 is 10.1 Å². The van der Waals surface area contributed by atoms with Gasteiger partial charge in [-0.3, -0.25) is 14.4 Å². The lowest BCUT2D eigenvalue weighted by atomic mass is 9.91. The predicted octanol–water partition coefficient (Wildman–Crippen LogP) is 7.09. The molecule has 2 heterocycles. The summed E-state index contributed by atoms with van der Waals surface area (Å²) in [5.41, 5.74) is 3.05. The van der Waals surface area contributed by atoms with E-state index < -0.39 is 12.0 Å². The molecule has 10 heteroatoms. The van der Waals surface area contributed by atoms with Crippen LogP contribution in [0.5, 0.6) is 0 Å². The first-order valence-electron chi connectivity index (χ1n) is 12.2. The highest BCUT2D eigenvalue weighted by Gasteiger charge is 2.36.